The molecule has 0 aliphatic heterocycles. The molecule has 5 aromatic rings. The van der Waals surface area contributed by atoms with Crippen LogP contribution in [0.4, 0.5) is 16.2 Å². The van der Waals surface area contributed by atoms with Gasteiger partial charge in [-0.1, -0.05) is 54.6 Å². The number of aromatic amines is 1. The standard InChI is InChI=1S/C41H45N5O6/c42-29-12-16-31(17-13-29)46(41(51)52)35-20-11-26(23-34(35)28-6-2-1-3-7-28)5-4-8-38(49)44-30-14-9-27(10-15-30)24-43-25-37(48)32-18-21-36(47)40-33(32)19-22-39(50)45-40/h1-3,6-7,9-11,14-15,18-23,29,31,37,43,47-48H,4-5,8,12-13,16-17,24-25,42H2,(H,44,49)(H,45,50)(H,51,52). The van der Waals surface area contributed by atoms with E-state index in [9.17, 15) is 29.7 Å². The summed E-state index contributed by atoms with van der Waals surface area (Å²) in [5.41, 5.74) is 11.8. The Morgan fingerprint density at radius 2 is 1.63 bits per heavy atom. The van der Waals surface area contributed by atoms with Gasteiger partial charge in [0.2, 0.25) is 11.5 Å². The number of carbonyl (C=O) groups is 2. The molecule has 1 aliphatic rings. The van der Waals surface area contributed by atoms with Crippen molar-refractivity contribution in [3.8, 4) is 16.9 Å². The van der Waals surface area contributed by atoms with Crippen LogP contribution in [0.1, 0.15) is 61.3 Å². The number of aromatic hydroxyl groups is 1. The predicted molar refractivity (Wildman–Crippen MR) is 204 cm³/mol. The van der Waals surface area contributed by atoms with E-state index >= 15 is 0 Å². The van der Waals surface area contributed by atoms with Crippen molar-refractivity contribution in [3.05, 3.63) is 124 Å². The third kappa shape index (κ3) is 8.86. The van der Waals surface area contributed by atoms with Gasteiger partial charge in [-0.2, -0.15) is 0 Å². The molecule has 11 heteroatoms. The second-order valence-corrected chi connectivity index (χ2v) is 13.5. The number of H-pyrrole nitrogens is 1. The lowest BCUT2D eigenvalue weighted by atomic mass is 9.89. The topological polar surface area (TPSA) is 181 Å². The van der Waals surface area contributed by atoms with E-state index in [2.05, 4.69) is 15.6 Å². The van der Waals surface area contributed by atoms with Gasteiger partial charge in [0.25, 0.3) is 0 Å². The molecule has 11 nitrogen and oxygen atoms in total. The molecule has 52 heavy (non-hydrogen) atoms. The van der Waals surface area contributed by atoms with E-state index in [1.54, 1.807) is 12.1 Å². The van der Waals surface area contributed by atoms with Gasteiger partial charge in [-0.05, 0) is 97.2 Å². The van der Waals surface area contributed by atoms with Crippen LogP contribution < -0.4 is 26.8 Å². The molecule has 1 aliphatic carbocycles. The first-order valence-corrected chi connectivity index (χ1v) is 17.7. The number of carboxylic acid groups (broad SMARTS) is 1. The number of anilines is 2. The van der Waals surface area contributed by atoms with Gasteiger partial charge < -0.3 is 36.7 Å². The van der Waals surface area contributed by atoms with Crippen LogP contribution in [0.3, 0.4) is 0 Å². The predicted octanol–water partition coefficient (Wildman–Crippen LogP) is 6.44. The second-order valence-electron chi connectivity index (χ2n) is 13.5. The number of aliphatic hydroxyl groups excluding tert-OH is 1. The van der Waals surface area contributed by atoms with Crippen molar-refractivity contribution in [2.45, 2.75) is 69.7 Å². The van der Waals surface area contributed by atoms with Crippen molar-refractivity contribution in [1.82, 2.24) is 10.3 Å². The van der Waals surface area contributed by atoms with E-state index in [0.29, 0.717) is 48.1 Å². The molecular formula is C41H45N5O6. The fraction of sp³-hybridized carbons (Fsp3) is 0.293. The number of phenolic OH excluding ortho intramolecular Hbond substituents is 1. The third-order valence-corrected chi connectivity index (χ3v) is 9.76. The number of nitrogens with one attached hydrogen (secondary N) is 3. The Morgan fingerprint density at radius 3 is 2.37 bits per heavy atom. The number of phenols is 1. The van der Waals surface area contributed by atoms with Crippen LogP contribution in [0, 0.1) is 0 Å². The molecule has 1 fully saturated rings. The summed E-state index contributed by atoms with van der Waals surface area (Å²) in [6, 6.07) is 29.2. The summed E-state index contributed by atoms with van der Waals surface area (Å²) in [5.74, 6) is -0.151. The fourth-order valence-electron chi connectivity index (χ4n) is 7.01. The number of amides is 2. The number of hydrogen-bond acceptors (Lipinski definition) is 7. The molecule has 1 aromatic heterocycles. The number of aromatic nitrogens is 1. The molecule has 1 unspecified atom stereocenters. The minimum absolute atomic E-state index is 0.0571. The number of rotatable bonds is 13. The first-order chi connectivity index (χ1) is 25.2. The quantitative estimate of drug-likeness (QED) is 0.0732. The van der Waals surface area contributed by atoms with E-state index in [-0.39, 0.29) is 41.4 Å². The number of nitrogens with two attached hydrogens (primary N) is 1. The fourth-order valence-corrected chi connectivity index (χ4v) is 7.01. The lowest BCUT2D eigenvalue weighted by molar-refractivity contribution is -0.116. The van der Waals surface area contributed by atoms with Crippen molar-refractivity contribution in [2.75, 3.05) is 16.8 Å². The highest BCUT2D eigenvalue weighted by Crippen LogP contribution is 2.36. The van der Waals surface area contributed by atoms with Crippen LogP contribution in [0.2, 0.25) is 0 Å². The van der Waals surface area contributed by atoms with E-state index in [0.717, 1.165) is 47.9 Å². The molecule has 0 saturated heterocycles. The number of carbonyl (C=O) groups excluding carboxylic acids is 1. The van der Waals surface area contributed by atoms with Gasteiger partial charge in [0, 0.05) is 54.3 Å². The highest BCUT2D eigenvalue weighted by Gasteiger charge is 2.30. The molecule has 0 bridgehead atoms. The molecule has 6 rings (SSSR count). The van der Waals surface area contributed by atoms with Crippen LogP contribution in [-0.4, -0.2) is 50.9 Å². The number of benzene rings is 4. The summed E-state index contributed by atoms with van der Waals surface area (Å²) in [6.45, 7) is 0.738. The molecule has 0 radical (unpaired) electrons. The van der Waals surface area contributed by atoms with Crippen LogP contribution in [-0.2, 0) is 17.8 Å². The number of aliphatic hydroxyl groups is 1. The monoisotopic (exact) mass is 703 g/mol. The zero-order valence-electron chi connectivity index (χ0n) is 28.9. The maximum Gasteiger partial charge on any atom is 0.412 e. The van der Waals surface area contributed by atoms with Crippen molar-refractivity contribution in [2.24, 2.45) is 5.73 Å². The first-order valence-electron chi connectivity index (χ1n) is 17.7. The molecule has 1 heterocycles. The molecule has 8 N–H and O–H groups in total. The van der Waals surface area contributed by atoms with E-state index in [4.69, 9.17) is 5.73 Å². The lowest BCUT2D eigenvalue weighted by Crippen LogP contribution is -2.44. The maximum absolute atomic E-state index is 12.8. The Morgan fingerprint density at radius 1 is 0.904 bits per heavy atom. The van der Waals surface area contributed by atoms with Crippen molar-refractivity contribution >= 4 is 34.3 Å². The maximum atomic E-state index is 12.8. The Kier molecular flexibility index (Phi) is 11.6. The summed E-state index contributed by atoms with van der Waals surface area (Å²) >= 11 is 0. The van der Waals surface area contributed by atoms with E-state index in [1.165, 1.54) is 17.0 Å². The second kappa shape index (κ2) is 16.7. The highest BCUT2D eigenvalue weighted by atomic mass is 16.4. The van der Waals surface area contributed by atoms with Gasteiger partial charge in [-0.15, -0.1) is 0 Å². The van der Waals surface area contributed by atoms with Crippen LogP contribution in [0.25, 0.3) is 22.0 Å². The SMILES string of the molecule is NC1CCC(N(C(=O)O)c2ccc(CCCC(=O)Nc3ccc(CNCC(O)c4ccc(O)c5[nH]c(=O)ccc45)cc3)cc2-c2ccccc2)CC1. The van der Waals surface area contributed by atoms with E-state index in [1.807, 2.05) is 72.8 Å². The molecule has 1 saturated carbocycles. The number of nitrogens with zero attached hydrogens (tertiary/aromatic N) is 1. The smallest absolute Gasteiger partial charge is 0.412 e. The van der Waals surface area contributed by atoms with Crippen LogP contribution in [0.5, 0.6) is 5.75 Å². The Bertz CT molecular complexity index is 2060. The minimum Gasteiger partial charge on any atom is -0.506 e. The molecule has 0 spiro atoms. The van der Waals surface area contributed by atoms with Crippen molar-refractivity contribution in [1.29, 1.82) is 0 Å². The first kappa shape index (κ1) is 36.3. The summed E-state index contributed by atoms with van der Waals surface area (Å²) in [5, 5.41) is 38.0. The van der Waals surface area contributed by atoms with Crippen LogP contribution in [0.15, 0.2) is 102 Å². The van der Waals surface area contributed by atoms with Gasteiger partial charge in [0.05, 0.1) is 17.3 Å². The van der Waals surface area contributed by atoms with Gasteiger partial charge in [-0.3, -0.25) is 14.5 Å². The summed E-state index contributed by atoms with van der Waals surface area (Å²) in [4.78, 5) is 41.2. The molecule has 270 valence electrons. The molecular weight excluding hydrogens is 658 g/mol. The minimum atomic E-state index is -0.968. The summed E-state index contributed by atoms with van der Waals surface area (Å²) < 4.78 is 0. The molecule has 2 amide bonds. The van der Waals surface area contributed by atoms with Gasteiger partial charge in [0.15, 0.2) is 0 Å². The van der Waals surface area contributed by atoms with E-state index < -0.39 is 12.2 Å². The zero-order valence-corrected chi connectivity index (χ0v) is 28.9. The largest absolute Gasteiger partial charge is 0.506 e. The Labute approximate surface area is 302 Å². The molecule has 4 aromatic carbocycles. The number of fused-ring (bicyclic) bond motifs is 1. The highest BCUT2D eigenvalue weighted by molar-refractivity contribution is 5.94. The summed E-state index contributed by atoms with van der Waals surface area (Å²) in [7, 11) is 0. The Hall–Kier alpha value is -5.49. The number of aryl methyl sites for hydroxylation is 1. The van der Waals surface area contributed by atoms with Crippen molar-refractivity contribution in [3.63, 3.8) is 0 Å². The van der Waals surface area contributed by atoms with Gasteiger partial charge >= 0.3 is 6.09 Å². The van der Waals surface area contributed by atoms with Gasteiger partial charge in [-0.25, -0.2) is 4.79 Å². The van der Waals surface area contributed by atoms with Crippen molar-refractivity contribution < 1.29 is 24.9 Å². The summed E-state index contributed by atoms with van der Waals surface area (Å²) in [6.07, 6.45) is 2.84. The number of pyridine rings is 1. The third-order valence-electron chi connectivity index (χ3n) is 9.76. The average Bonchev–Trinajstić information content (AvgIpc) is 3.14. The zero-order chi connectivity index (χ0) is 36.6. The van der Waals surface area contributed by atoms with Crippen LogP contribution >= 0.6 is 0 Å². The Balaban J connectivity index is 1.01. The average molecular weight is 704 g/mol. The number of hydrogen-bond donors (Lipinski definition) is 7. The normalized spacial score (nSPS) is 16.3. The van der Waals surface area contributed by atoms with Gasteiger partial charge in [0.1, 0.15) is 5.75 Å². The lowest BCUT2D eigenvalue weighted by Gasteiger charge is -2.35. The molecule has 1 atom stereocenters.